The van der Waals surface area contributed by atoms with Crippen LogP contribution in [-0.4, -0.2) is 35.8 Å². The SMILES string of the molecule is CC(=O)NCC(=Cc1ccc2oc(N)nc2c1)B1OC(C)(C)C(C)(C)O1. The molecule has 26 heavy (non-hydrogen) atoms. The van der Waals surface area contributed by atoms with E-state index in [9.17, 15) is 4.79 Å². The molecule has 1 amide bonds. The van der Waals surface area contributed by atoms with Crippen LogP contribution < -0.4 is 11.1 Å². The number of oxazole rings is 1. The summed E-state index contributed by atoms with van der Waals surface area (Å²) in [6.07, 6.45) is 1.93. The molecule has 1 saturated heterocycles. The predicted molar refractivity (Wildman–Crippen MR) is 101 cm³/mol. The number of carbonyl (C=O) groups is 1. The fourth-order valence-corrected chi connectivity index (χ4v) is 2.69. The van der Waals surface area contributed by atoms with Gasteiger partial charge < -0.3 is 24.8 Å². The second kappa shape index (κ2) is 6.44. The van der Waals surface area contributed by atoms with Crippen LogP contribution in [0.3, 0.4) is 0 Å². The molecule has 1 aliphatic heterocycles. The van der Waals surface area contributed by atoms with Gasteiger partial charge in [0.2, 0.25) is 5.91 Å². The number of hydrogen-bond donors (Lipinski definition) is 2. The molecule has 0 atom stereocenters. The number of benzene rings is 1. The van der Waals surface area contributed by atoms with Crippen molar-refractivity contribution in [2.24, 2.45) is 0 Å². The molecule has 138 valence electrons. The summed E-state index contributed by atoms with van der Waals surface area (Å²) in [6, 6.07) is 5.70. The van der Waals surface area contributed by atoms with Crippen LogP contribution in [0.5, 0.6) is 0 Å². The molecule has 0 spiro atoms. The van der Waals surface area contributed by atoms with E-state index in [0.29, 0.717) is 17.6 Å². The molecule has 7 nitrogen and oxygen atoms in total. The zero-order chi connectivity index (χ0) is 19.1. The van der Waals surface area contributed by atoms with E-state index in [1.165, 1.54) is 6.92 Å². The number of hydrogen-bond acceptors (Lipinski definition) is 6. The van der Waals surface area contributed by atoms with Crippen molar-refractivity contribution in [1.29, 1.82) is 0 Å². The molecule has 0 bridgehead atoms. The van der Waals surface area contributed by atoms with E-state index in [-0.39, 0.29) is 11.9 Å². The molecule has 0 saturated carbocycles. The summed E-state index contributed by atoms with van der Waals surface area (Å²) in [5.41, 5.74) is 7.68. The first kappa shape index (κ1) is 18.5. The van der Waals surface area contributed by atoms with Crippen LogP contribution in [0.4, 0.5) is 6.01 Å². The van der Waals surface area contributed by atoms with E-state index in [1.807, 2.05) is 52.0 Å². The summed E-state index contributed by atoms with van der Waals surface area (Å²) in [7, 11) is -0.551. The minimum atomic E-state index is -0.551. The Bertz CT molecular complexity index is 856. The number of nitrogens with two attached hydrogens (primary N) is 1. The number of fused-ring (bicyclic) bond motifs is 1. The van der Waals surface area contributed by atoms with Gasteiger partial charge >= 0.3 is 7.12 Å². The molecule has 1 aromatic carbocycles. The number of nitrogens with one attached hydrogen (secondary N) is 1. The average Bonchev–Trinajstić information content (AvgIpc) is 2.98. The molecule has 1 aliphatic rings. The maximum atomic E-state index is 11.4. The largest absolute Gasteiger partial charge is 0.492 e. The molecule has 3 N–H and O–H groups in total. The topological polar surface area (TPSA) is 99.6 Å². The first-order valence-electron chi connectivity index (χ1n) is 8.54. The van der Waals surface area contributed by atoms with Crippen molar-refractivity contribution in [2.45, 2.75) is 45.8 Å². The van der Waals surface area contributed by atoms with E-state index in [1.54, 1.807) is 0 Å². The summed E-state index contributed by atoms with van der Waals surface area (Å²) >= 11 is 0. The summed E-state index contributed by atoms with van der Waals surface area (Å²) in [4.78, 5) is 15.5. The number of carbonyl (C=O) groups excluding carboxylic acids is 1. The third kappa shape index (κ3) is 3.61. The molecule has 0 aliphatic carbocycles. The lowest BCUT2D eigenvalue weighted by Gasteiger charge is -2.32. The number of aromatic nitrogens is 1. The van der Waals surface area contributed by atoms with Crippen LogP contribution in [0.2, 0.25) is 0 Å². The first-order valence-corrected chi connectivity index (χ1v) is 8.54. The highest BCUT2D eigenvalue weighted by Gasteiger charge is 2.52. The van der Waals surface area contributed by atoms with Crippen LogP contribution in [0.15, 0.2) is 28.1 Å². The fraction of sp³-hybridized carbons (Fsp3) is 0.444. The van der Waals surface area contributed by atoms with Crippen molar-refractivity contribution < 1.29 is 18.5 Å². The third-order valence-corrected chi connectivity index (χ3v) is 4.88. The predicted octanol–water partition coefficient (Wildman–Crippen LogP) is 2.56. The molecular weight excluding hydrogens is 333 g/mol. The van der Waals surface area contributed by atoms with Crippen LogP contribution in [0, 0.1) is 0 Å². The maximum Gasteiger partial charge on any atom is 0.492 e. The summed E-state index contributed by atoms with van der Waals surface area (Å²) < 4.78 is 17.6. The molecule has 0 radical (unpaired) electrons. The summed E-state index contributed by atoms with van der Waals surface area (Å²) in [6.45, 7) is 9.78. The minimum Gasteiger partial charge on any atom is -0.424 e. The van der Waals surface area contributed by atoms with E-state index < -0.39 is 18.3 Å². The van der Waals surface area contributed by atoms with Crippen molar-refractivity contribution in [3.05, 3.63) is 29.2 Å². The highest BCUT2D eigenvalue weighted by atomic mass is 16.7. The molecule has 3 rings (SSSR count). The Kier molecular flexibility index (Phi) is 4.58. The average molecular weight is 357 g/mol. The Morgan fingerprint density at radius 1 is 1.27 bits per heavy atom. The Morgan fingerprint density at radius 2 is 1.92 bits per heavy atom. The van der Waals surface area contributed by atoms with Crippen molar-refractivity contribution in [3.8, 4) is 0 Å². The minimum absolute atomic E-state index is 0.118. The fourth-order valence-electron chi connectivity index (χ4n) is 2.69. The monoisotopic (exact) mass is 357 g/mol. The molecule has 1 fully saturated rings. The van der Waals surface area contributed by atoms with Gasteiger partial charge in [0.25, 0.3) is 6.01 Å². The van der Waals surface area contributed by atoms with E-state index in [2.05, 4.69) is 10.3 Å². The van der Waals surface area contributed by atoms with Gasteiger partial charge in [0.05, 0.1) is 11.2 Å². The molecule has 1 aromatic heterocycles. The van der Waals surface area contributed by atoms with Gasteiger partial charge in [-0.15, -0.1) is 0 Å². The van der Waals surface area contributed by atoms with Gasteiger partial charge in [0, 0.05) is 13.5 Å². The number of rotatable bonds is 4. The Balaban J connectivity index is 1.94. The van der Waals surface area contributed by atoms with Crippen LogP contribution in [-0.2, 0) is 14.1 Å². The molecule has 0 unspecified atom stereocenters. The van der Waals surface area contributed by atoms with Crippen LogP contribution >= 0.6 is 0 Å². The Hall–Kier alpha value is -2.32. The van der Waals surface area contributed by atoms with E-state index in [0.717, 1.165) is 11.0 Å². The van der Waals surface area contributed by atoms with Crippen LogP contribution in [0.25, 0.3) is 17.2 Å². The first-order chi connectivity index (χ1) is 12.1. The Morgan fingerprint density at radius 3 is 2.54 bits per heavy atom. The highest BCUT2D eigenvalue weighted by molar-refractivity contribution is 6.56. The normalized spacial score (nSPS) is 19.1. The standard InChI is InChI=1S/C18H24BN3O4/c1-11(23)21-10-13(19-25-17(2,3)18(4,5)26-19)8-12-6-7-15-14(9-12)22-16(20)24-15/h6-9H,10H2,1-5H3,(H2,20,22)(H,21,23). The van der Waals surface area contributed by atoms with Gasteiger partial charge in [0.1, 0.15) is 5.52 Å². The molecular formula is C18H24BN3O4. The molecule has 8 heteroatoms. The van der Waals surface area contributed by atoms with Gasteiger partial charge in [-0.1, -0.05) is 12.1 Å². The number of nitrogens with zero attached hydrogens (tertiary/aromatic N) is 1. The zero-order valence-electron chi connectivity index (χ0n) is 15.8. The number of anilines is 1. The lowest BCUT2D eigenvalue weighted by Crippen LogP contribution is -2.41. The molecule has 2 heterocycles. The van der Waals surface area contributed by atoms with Crippen molar-refractivity contribution in [2.75, 3.05) is 12.3 Å². The summed E-state index contributed by atoms with van der Waals surface area (Å²) in [5, 5.41) is 2.82. The summed E-state index contributed by atoms with van der Waals surface area (Å²) in [5.74, 6) is -0.118. The Labute approximate surface area is 153 Å². The number of nitrogen functional groups attached to an aromatic ring is 1. The van der Waals surface area contributed by atoms with Crippen molar-refractivity contribution in [3.63, 3.8) is 0 Å². The van der Waals surface area contributed by atoms with Gasteiger partial charge in [-0.2, -0.15) is 4.98 Å². The van der Waals surface area contributed by atoms with Gasteiger partial charge in [-0.25, -0.2) is 0 Å². The highest BCUT2D eigenvalue weighted by Crippen LogP contribution is 2.38. The maximum absolute atomic E-state index is 11.4. The van der Waals surface area contributed by atoms with Crippen LogP contribution in [0.1, 0.15) is 40.2 Å². The lowest BCUT2D eigenvalue weighted by molar-refractivity contribution is -0.118. The lowest BCUT2D eigenvalue weighted by atomic mass is 9.77. The van der Waals surface area contributed by atoms with E-state index in [4.69, 9.17) is 19.5 Å². The van der Waals surface area contributed by atoms with Gasteiger partial charge in [0.15, 0.2) is 5.58 Å². The second-order valence-corrected chi connectivity index (χ2v) is 7.50. The van der Waals surface area contributed by atoms with Gasteiger partial charge in [-0.3, -0.25) is 4.79 Å². The van der Waals surface area contributed by atoms with Crippen molar-refractivity contribution >= 4 is 36.2 Å². The van der Waals surface area contributed by atoms with E-state index >= 15 is 0 Å². The smallest absolute Gasteiger partial charge is 0.424 e. The number of amides is 1. The third-order valence-electron chi connectivity index (χ3n) is 4.88. The van der Waals surface area contributed by atoms with Crippen molar-refractivity contribution in [1.82, 2.24) is 10.3 Å². The quantitative estimate of drug-likeness (QED) is 0.816. The molecule has 2 aromatic rings. The second-order valence-electron chi connectivity index (χ2n) is 7.50. The van der Waals surface area contributed by atoms with Gasteiger partial charge in [-0.05, 0) is 50.9 Å². The zero-order valence-corrected chi connectivity index (χ0v) is 15.8.